The lowest BCUT2D eigenvalue weighted by Gasteiger charge is -2.16. The third kappa shape index (κ3) is 2.67. The Bertz CT molecular complexity index is 1720. The number of hydrogen-bond acceptors (Lipinski definition) is 0. The molecule has 2 heteroatoms. The van der Waals surface area contributed by atoms with Crippen molar-refractivity contribution in [2.45, 2.75) is 19.8 Å². The van der Waals surface area contributed by atoms with E-state index in [-0.39, 0.29) is 0 Å². The summed E-state index contributed by atoms with van der Waals surface area (Å²) in [6.45, 7) is 2.22. The summed E-state index contributed by atoms with van der Waals surface area (Å²) < 4.78 is 4.87. The molecule has 0 bridgehead atoms. The van der Waals surface area contributed by atoms with Crippen molar-refractivity contribution in [2.24, 2.45) is 0 Å². The van der Waals surface area contributed by atoms with Crippen LogP contribution in [-0.2, 0) is 0 Å². The van der Waals surface area contributed by atoms with Crippen LogP contribution in [0.15, 0.2) is 109 Å². The maximum absolute atomic E-state index is 2.46. The van der Waals surface area contributed by atoms with Crippen molar-refractivity contribution in [3.05, 3.63) is 109 Å². The Kier molecular flexibility index (Phi) is 3.92. The zero-order valence-electron chi connectivity index (χ0n) is 18.6. The van der Waals surface area contributed by atoms with E-state index in [4.69, 9.17) is 0 Å². The second-order valence-corrected chi connectivity index (χ2v) is 9.09. The molecule has 0 atom stereocenters. The van der Waals surface area contributed by atoms with E-state index in [1.54, 1.807) is 0 Å². The monoisotopic (exact) mass is 424 g/mol. The van der Waals surface area contributed by atoms with E-state index in [1.807, 2.05) is 0 Å². The molecule has 1 aliphatic carbocycles. The predicted molar refractivity (Wildman–Crippen MR) is 141 cm³/mol. The van der Waals surface area contributed by atoms with E-state index >= 15 is 0 Å². The van der Waals surface area contributed by atoms with Crippen molar-refractivity contribution in [3.63, 3.8) is 0 Å². The van der Waals surface area contributed by atoms with Crippen molar-refractivity contribution in [3.8, 4) is 5.69 Å². The van der Waals surface area contributed by atoms with Gasteiger partial charge >= 0.3 is 0 Å². The summed E-state index contributed by atoms with van der Waals surface area (Å²) in [6, 6.07) is 33.2. The van der Waals surface area contributed by atoms with Gasteiger partial charge < -0.3 is 9.13 Å². The molecule has 2 aromatic heterocycles. The number of nitrogens with zero attached hydrogens (tertiary/aromatic N) is 2. The highest BCUT2D eigenvalue weighted by atomic mass is 15.0. The zero-order chi connectivity index (χ0) is 21.9. The first-order valence-electron chi connectivity index (χ1n) is 11.7. The Morgan fingerprint density at radius 2 is 1.06 bits per heavy atom. The summed E-state index contributed by atoms with van der Waals surface area (Å²) in [5.41, 5.74) is 9.08. The van der Waals surface area contributed by atoms with Crippen LogP contribution < -0.4 is 0 Å². The standard InChI is InChI=1S/C31H24N2/c1-21-14-16-22(17-15-21)32-30-13-7-4-10-26(30)27-20-23(18-19-31(27)32)33-28-11-5-2-8-24(28)25-9-3-6-12-29(25)33/h2-14,16,18-20H,15,17H2,1H3. The van der Waals surface area contributed by atoms with Crippen LogP contribution >= 0.6 is 0 Å². The summed E-state index contributed by atoms with van der Waals surface area (Å²) in [5.74, 6) is 0. The number of benzene rings is 4. The van der Waals surface area contributed by atoms with Crippen LogP contribution in [0.4, 0.5) is 0 Å². The van der Waals surface area contributed by atoms with Gasteiger partial charge in [0.25, 0.3) is 0 Å². The molecule has 33 heavy (non-hydrogen) atoms. The Hall–Kier alpha value is -4.04. The molecule has 0 saturated carbocycles. The van der Waals surface area contributed by atoms with Gasteiger partial charge in [0.05, 0.1) is 22.1 Å². The van der Waals surface area contributed by atoms with E-state index in [2.05, 4.69) is 119 Å². The van der Waals surface area contributed by atoms with E-state index in [1.165, 1.54) is 60.6 Å². The topological polar surface area (TPSA) is 9.86 Å². The van der Waals surface area contributed by atoms with Gasteiger partial charge in [-0.25, -0.2) is 0 Å². The normalized spacial score (nSPS) is 14.3. The first-order chi connectivity index (χ1) is 16.3. The van der Waals surface area contributed by atoms with Gasteiger partial charge in [0.15, 0.2) is 0 Å². The first-order valence-corrected chi connectivity index (χ1v) is 11.7. The largest absolute Gasteiger partial charge is 0.313 e. The summed E-state index contributed by atoms with van der Waals surface area (Å²) in [4.78, 5) is 0. The van der Waals surface area contributed by atoms with Crippen LogP contribution in [0.5, 0.6) is 0 Å². The molecule has 1 aliphatic rings. The van der Waals surface area contributed by atoms with Crippen molar-refractivity contribution in [2.75, 3.05) is 0 Å². The van der Waals surface area contributed by atoms with E-state index < -0.39 is 0 Å². The Balaban J connectivity index is 1.55. The molecule has 0 unspecified atom stereocenters. The number of hydrogen-bond donors (Lipinski definition) is 0. The quantitative estimate of drug-likeness (QED) is 0.264. The minimum atomic E-state index is 1.07. The smallest absolute Gasteiger partial charge is 0.0541 e. The molecule has 0 radical (unpaired) electrons. The lowest BCUT2D eigenvalue weighted by molar-refractivity contribution is 0.927. The number of allylic oxidation sites excluding steroid dienone is 4. The number of fused-ring (bicyclic) bond motifs is 6. The van der Waals surface area contributed by atoms with Gasteiger partial charge in [0, 0.05) is 32.9 Å². The summed E-state index contributed by atoms with van der Waals surface area (Å²) in [6.07, 6.45) is 6.77. The fraction of sp³-hybridized carbons (Fsp3) is 0.0968. The summed E-state index contributed by atoms with van der Waals surface area (Å²) >= 11 is 0. The molecule has 0 aliphatic heterocycles. The minimum absolute atomic E-state index is 1.07. The Labute approximate surface area is 192 Å². The fourth-order valence-corrected chi connectivity index (χ4v) is 5.53. The zero-order valence-corrected chi connectivity index (χ0v) is 18.6. The lowest BCUT2D eigenvalue weighted by Crippen LogP contribution is -2.00. The molecule has 4 aromatic carbocycles. The lowest BCUT2D eigenvalue weighted by atomic mass is 10.0. The molecule has 2 heterocycles. The summed E-state index contributed by atoms with van der Waals surface area (Å²) in [5, 5.41) is 5.20. The highest BCUT2D eigenvalue weighted by molar-refractivity contribution is 6.12. The van der Waals surface area contributed by atoms with Crippen LogP contribution in [0.1, 0.15) is 19.8 Å². The van der Waals surface area contributed by atoms with Crippen molar-refractivity contribution >= 4 is 49.3 Å². The van der Waals surface area contributed by atoms with Crippen molar-refractivity contribution in [1.82, 2.24) is 9.13 Å². The first kappa shape index (κ1) is 18.5. The van der Waals surface area contributed by atoms with Crippen LogP contribution in [-0.4, -0.2) is 9.13 Å². The average Bonchev–Trinajstić information content (AvgIpc) is 3.37. The van der Waals surface area contributed by atoms with Gasteiger partial charge in [-0.2, -0.15) is 0 Å². The van der Waals surface area contributed by atoms with Gasteiger partial charge in [-0.3, -0.25) is 0 Å². The van der Waals surface area contributed by atoms with Gasteiger partial charge in [0.2, 0.25) is 0 Å². The molecule has 0 spiro atoms. The average molecular weight is 425 g/mol. The Morgan fingerprint density at radius 1 is 0.515 bits per heavy atom. The maximum atomic E-state index is 2.46. The SMILES string of the molecule is CC1=CC=C(n2c3ccccc3c3cc(-n4c5ccccc5c5ccccc54)ccc32)CC1. The second kappa shape index (κ2) is 6.98. The van der Waals surface area contributed by atoms with E-state index in [0.29, 0.717) is 0 Å². The van der Waals surface area contributed by atoms with Crippen LogP contribution in [0.25, 0.3) is 55.0 Å². The number of para-hydroxylation sites is 3. The van der Waals surface area contributed by atoms with E-state index in [9.17, 15) is 0 Å². The third-order valence-electron chi connectivity index (χ3n) is 7.12. The molecule has 7 rings (SSSR count). The molecule has 6 aromatic rings. The molecule has 0 N–H and O–H groups in total. The molecule has 2 nitrogen and oxygen atoms in total. The number of rotatable bonds is 2. The van der Waals surface area contributed by atoms with Crippen molar-refractivity contribution < 1.29 is 0 Å². The molecular formula is C31H24N2. The van der Waals surface area contributed by atoms with Crippen LogP contribution in [0.2, 0.25) is 0 Å². The summed E-state index contributed by atoms with van der Waals surface area (Å²) in [7, 11) is 0. The molecular weight excluding hydrogens is 400 g/mol. The molecule has 0 amide bonds. The minimum Gasteiger partial charge on any atom is -0.313 e. The van der Waals surface area contributed by atoms with Crippen LogP contribution in [0, 0.1) is 0 Å². The Morgan fingerprint density at radius 3 is 1.67 bits per heavy atom. The van der Waals surface area contributed by atoms with Crippen molar-refractivity contribution in [1.29, 1.82) is 0 Å². The molecule has 0 saturated heterocycles. The second-order valence-electron chi connectivity index (χ2n) is 9.09. The maximum Gasteiger partial charge on any atom is 0.0541 e. The number of aromatic nitrogens is 2. The van der Waals surface area contributed by atoms with Gasteiger partial charge in [-0.1, -0.05) is 66.2 Å². The highest BCUT2D eigenvalue weighted by Gasteiger charge is 2.17. The third-order valence-corrected chi connectivity index (χ3v) is 7.12. The fourth-order valence-electron chi connectivity index (χ4n) is 5.53. The predicted octanol–water partition coefficient (Wildman–Crippen LogP) is 8.47. The van der Waals surface area contributed by atoms with Gasteiger partial charge in [-0.15, -0.1) is 0 Å². The van der Waals surface area contributed by atoms with Crippen LogP contribution in [0.3, 0.4) is 0 Å². The highest BCUT2D eigenvalue weighted by Crippen LogP contribution is 2.37. The van der Waals surface area contributed by atoms with Gasteiger partial charge in [-0.05, 0) is 62.2 Å². The molecule has 0 fully saturated rings. The molecule has 158 valence electrons. The van der Waals surface area contributed by atoms with E-state index in [0.717, 1.165) is 12.8 Å². The van der Waals surface area contributed by atoms with Gasteiger partial charge in [0.1, 0.15) is 0 Å².